The second-order valence-electron chi connectivity index (χ2n) is 4.81. The van der Waals surface area contributed by atoms with Gasteiger partial charge in [-0.1, -0.05) is 0 Å². The van der Waals surface area contributed by atoms with Crippen molar-refractivity contribution < 1.29 is 4.79 Å². The van der Waals surface area contributed by atoms with Crippen molar-refractivity contribution in [3.63, 3.8) is 0 Å². The predicted molar refractivity (Wildman–Crippen MR) is 89.6 cm³/mol. The third kappa shape index (κ3) is 3.12. The van der Waals surface area contributed by atoms with E-state index in [4.69, 9.17) is 0 Å². The number of amides is 1. The highest BCUT2D eigenvalue weighted by atomic mass is 32.2. The first-order valence-electron chi connectivity index (χ1n) is 6.95. The summed E-state index contributed by atoms with van der Waals surface area (Å²) >= 11 is 1.71. The fourth-order valence-electron chi connectivity index (χ4n) is 2.16. The molecule has 22 heavy (non-hydrogen) atoms. The summed E-state index contributed by atoms with van der Waals surface area (Å²) in [6.45, 7) is 0.674. The lowest BCUT2D eigenvalue weighted by molar-refractivity contribution is 0.0956. The van der Waals surface area contributed by atoms with Crippen molar-refractivity contribution in [1.82, 2.24) is 20.1 Å². The SMILES string of the molecule is CSCCNC(=O)c1ccc2nn(-c3cccnc3)cc2c1. The molecule has 6 heteroatoms. The average molecular weight is 312 g/mol. The van der Waals surface area contributed by atoms with Crippen molar-refractivity contribution in [1.29, 1.82) is 0 Å². The zero-order valence-electron chi connectivity index (χ0n) is 12.2. The molecule has 2 heterocycles. The van der Waals surface area contributed by atoms with Gasteiger partial charge in [0.1, 0.15) is 0 Å². The van der Waals surface area contributed by atoms with Gasteiger partial charge in [-0.3, -0.25) is 9.78 Å². The number of nitrogens with one attached hydrogen (secondary N) is 1. The molecular formula is C16H16N4OS. The number of carbonyl (C=O) groups is 1. The van der Waals surface area contributed by atoms with Gasteiger partial charge in [0.05, 0.1) is 17.4 Å². The molecule has 0 aliphatic carbocycles. The second kappa shape index (κ2) is 6.62. The summed E-state index contributed by atoms with van der Waals surface area (Å²) in [6.07, 6.45) is 7.40. The Balaban J connectivity index is 1.86. The third-order valence-corrected chi connectivity index (χ3v) is 3.88. The van der Waals surface area contributed by atoms with Crippen LogP contribution in [0.4, 0.5) is 0 Å². The van der Waals surface area contributed by atoms with Crippen molar-refractivity contribution in [2.24, 2.45) is 0 Å². The molecule has 2 aromatic heterocycles. The largest absolute Gasteiger partial charge is 0.351 e. The molecule has 0 saturated heterocycles. The van der Waals surface area contributed by atoms with Gasteiger partial charge >= 0.3 is 0 Å². The number of hydrogen-bond acceptors (Lipinski definition) is 4. The smallest absolute Gasteiger partial charge is 0.251 e. The molecule has 1 amide bonds. The van der Waals surface area contributed by atoms with Gasteiger partial charge in [0, 0.05) is 35.6 Å². The van der Waals surface area contributed by atoms with Gasteiger partial charge in [0.2, 0.25) is 0 Å². The first-order valence-corrected chi connectivity index (χ1v) is 8.34. The number of rotatable bonds is 5. The van der Waals surface area contributed by atoms with Crippen molar-refractivity contribution in [3.8, 4) is 5.69 Å². The maximum Gasteiger partial charge on any atom is 0.251 e. The lowest BCUT2D eigenvalue weighted by Gasteiger charge is -2.03. The minimum atomic E-state index is -0.0509. The molecule has 0 aliphatic rings. The highest BCUT2D eigenvalue weighted by Gasteiger charge is 2.08. The molecule has 0 aliphatic heterocycles. The number of fused-ring (bicyclic) bond motifs is 1. The van der Waals surface area contributed by atoms with E-state index < -0.39 is 0 Å². The van der Waals surface area contributed by atoms with Crippen LogP contribution in [0.5, 0.6) is 0 Å². The van der Waals surface area contributed by atoms with Crippen LogP contribution >= 0.6 is 11.8 Å². The van der Waals surface area contributed by atoms with E-state index in [-0.39, 0.29) is 5.91 Å². The van der Waals surface area contributed by atoms with E-state index in [9.17, 15) is 4.79 Å². The number of carbonyl (C=O) groups excluding carboxylic acids is 1. The quantitative estimate of drug-likeness (QED) is 0.735. The molecule has 112 valence electrons. The predicted octanol–water partition coefficient (Wildman–Crippen LogP) is 2.51. The Morgan fingerprint density at radius 3 is 3.05 bits per heavy atom. The van der Waals surface area contributed by atoms with Gasteiger partial charge in [0.25, 0.3) is 5.91 Å². The van der Waals surface area contributed by atoms with E-state index in [1.54, 1.807) is 34.9 Å². The zero-order valence-corrected chi connectivity index (χ0v) is 13.0. The highest BCUT2D eigenvalue weighted by Crippen LogP contribution is 2.17. The van der Waals surface area contributed by atoms with Gasteiger partial charge < -0.3 is 5.32 Å². The van der Waals surface area contributed by atoms with E-state index in [1.165, 1.54) is 0 Å². The lowest BCUT2D eigenvalue weighted by atomic mass is 10.1. The van der Waals surface area contributed by atoms with Gasteiger partial charge in [-0.2, -0.15) is 16.9 Å². The molecule has 3 aromatic rings. The molecule has 0 unspecified atom stereocenters. The third-order valence-electron chi connectivity index (χ3n) is 3.27. The maximum absolute atomic E-state index is 12.1. The minimum Gasteiger partial charge on any atom is -0.351 e. The molecule has 1 N–H and O–H groups in total. The number of thioether (sulfide) groups is 1. The number of benzene rings is 1. The van der Waals surface area contributed by atoms with E-state index in [2.05, 4.69) is 15.4 Å². The van der Waals surface area contributed by atoms with Crippen molar-refractivity contribution in [3.05, 3.63) is 54.5 Å². The summed E-state index contributed by atoms with van der Waals surface area (Å²) < 4.78 is 1.77. The summed E-state index contributed by atoms with van der Waals surface area (Å²) in [4.78, 5) is 16.2. The van der Waals surface area contributed by atoms with Crippen LogP contribution in [-0.2, 0) is 0 Å². The summed E-state index contributed by atoms with van der Waals surface area (Å²) in [5.74, 6) is 0.859. The van der Waals surface area contributed by atoms with Crippen LogP contribution in [0.1, 0.15) is 10.4 Å². The zero-order chi connectivity index (χ0) is 15.4. The molecule has 0 bridgehead atoms. The molecule has 5 nitrogen and oxygen atoms in total. The van der Waals surface area contributed by atoms with Crippen LogP contribution < -0.4 is 5.32 Å². The maximum atomic E-state index is 12.1. The number of aromatic nitrogens is 3. The summed E-state index contributed by atoms with van der Waals surface area (Å²) in [5.41, 5.74) is 2.40. The number of nitrogens with zero attached hydrogens (tertiary/aromatic N) is 3. The van der Waals surface area contributed by atoms with Crippen molar-refractivity contribution >= 4 is 28.6 Å². The Bertz CT molecular complexity index is 785. The molecule has 0 fully saturated rings. The van der Waals surface area contributed by atoms with Crippen molar-refractivity contribution in [2.75, 3.05) is 18.6 Å². The van der Waals surface area contributed by atoms with E-state index in [0.29, 0.717) is 12.1 Å². The molecule has 0 saturated carbocycles. The van der Waals surface area contributed by atoms with Gasteiger partial charge in [-0.05, 0) is 36.6 Å². The van der Waals surface area contributed by atoms with Crippen LogP contribution in [0.3, 0.4) is 0 Å². The van der Waals surface area contributed by atoms with Crippen LogP contribution in [0.2, 0.25) is 0 Å². The van der Waals surface area contributed by atoms with Crippen LogP contribution in [0, 0.1) is 0 Å². The van der Waals surface area contributed by atoms with Crippen LogP contribution in [0.25, 0.3) is 16.6 Å². The van der Waals surface area contributed by atoms with Crippen LogP contribution in [-0.4, -0.2) is 39.2 Å². The summed E-state index contributed by atoms with van der Waals surface area (Å²) in [6, 6.07) is 9.34. The molecule has 1 aromatic carbocycles. The summed E-state index contributed by atoms with van der Waals surface area (Å²) in [7, 11) is 0. The first-order chi connectivity index (χ1) is 10.8. The topological polar surface area (TPSA) is 59.8 Å². The van der Waals surface area contributed by atoms with E-state index in [1.807, 2.05) is 36.7 Å². The van der Waals surface area contributed by atoms with Crippen molar-refractivity contribution in [2.45, 2.75) is 0 Å². The molecule has 3 rings (SSSR count). The fourth-order valence-corrected chi connectivity index (χ4v) is 2.46. The van der Waals surface area contributed by atoms with E-state index >= 15 is 0 Å². The highest BCUT2D eigenvalue weighted by molar-refractivity contribution is 7.98. The summed E-state index contributed by atoms with van der Waals surface area (Å²) in [5, 5.41) is 8.34. The fraction of sp³-hybridized carbons (Fsp3) is 0.188. The molecular weight excluding hydrogens is 296 g/mol. The lowest BCUT2D eigenvalue weighted by Crippen LogP contribution is -2.25. The van der Waals surface area contributed by atoms with Crippen LogP contribution in [0.15, 0.2) is 48.9 Å². The average Bonchev–Trinajstić information content (AvgIpc) is 2.99. The Morgan fingerprint density at radius 1 is 1.36 bits per heavy atom. The Kier molecular flexibility index (Phi) is 4.39. The van der Waals surface area contributed by atoms with Gasteiger partial charge in [-0.15, -0.1) is 0 Å². The van der Waals surface area contributed by atoms with E-state index in [0.717, 1.165) is 22.3 Å². The number of pyridine rings is 1. The Morgan fingerprint density at radius 2 is 2.27 bits per heavy atom. The number of hydrogen-bond donors (Lipinski definition) is 1. The Hall–Kier alpha value is -2.34. The standard InChI is InChI=1S/C16H16N4OS/c1-22-8-7-18-16(21)12-4-5-15-13(9-12)11-20(19-15)14-3-2-6-17-10-14/h2-6,9-11H,7-8H2,1H3,(H,18,21). The second-order valence-corrected chi connectivity index (χ2v) is 5.79. The monoisotopic (exact) mass is 312 g/mol. The molecule has 0 spiro atoms. The molecule has 0 radical (unpaired) electrons. The normalized spacial score (nSPS) is 10.8. The van der Waals surface area contributed by atoms with Gasteiger partial charge in [0.15, 0.2) is 0 Å². The minimum absolute atomic E-state index is 0.0509. The molecule has 0 atom stereocenters. The first kappa shape index (κ1) is 14.6. The van der Waals surface area contributed by atoms with Gasteiger partial charge in [-0.25, -0.2) is 4.68 Å². The Labute approximate surface area is 132 Å².